The molecule has 28 heavy (non-hydrogen) atoms. The number of aryl methyl sites for hydroxylation is 2. The Morgan fingerprint density at radius 3 is 2.79 bits per heavy atom. The topological polar surface area (TPSA) is 48.7 Å². The highest BCUT2D eigenvalue weighted by Crippen LogP contribution is 2.20. The van der Waals surface area contributed by atoms with E-state index in [9.17, 15) is 0 Å². The smallest absolute Gasteiger partial charge is 0.194 e. The molecular weight excluding hydrogens is 368 g/mol. The first kappa shape index (κ1) is 20.9. The van der Waals surface area contributed by atoms with Gasteiger partial charge in [-0.25, -0.2) is 4.98 Å². The maximum atomic E-state index is 4.95. The SMILES string of the molecule is CCNC(=NCC1CCN(Cc2csc(C)n2)CC1)N(C)Cc1cccn1C. The molecule has 0 bridgehead atoms. The fourth-order valence-corrected chi connectivity index (χ4v) is 4.30. The standard InChI is InChI=1S/C21H34N6S/c1-5-22-21(26(4)15-20-7-6-10-25(20)3)23-13-18-8-11-27(12-9-18)14-19-16-28-17(2)24-19/h6-7,10,16,18H,5,8-9,11-15H2,1-4H3,(H,22,23). The number of guanidine groups is 1. The minimum absolute atomic E-state index is 0.672. The van der Waals surface area contributed by atoms with Crippen molar-refractivity contribution in [2.45, 2.75) is 39.8 Å². The molecule has 0 unspecified atom stereocenters. The third kappa shape index (κ3) is 5.82. The summed E-state index contributed by atoms with van der Waals surface area (Å²) >= 11 is 1.75. The molecule has 0 atom stereocenters. The van der Waals surface area contributed by atoms with E-state index in [4.69, 9.17) is 4.99 Å². The summed E-state index contributed by atoms with van der Waals surface area (Å²) < 4.78 is 2.17. The van der Waals surface area contributed by atoms with Crippen molar-refractivity contribution in [2.24, 2.45) is 18.0 Å². The number of rotatable bonds is 7. The van der Waals surface area contributed by atoms with E-state index >= 15 is 0 Å². The predicted octanol–water partition coefficient (Wildman–Crippen LogP) is 3.10. The molecule has 0 aliphatic carbocycles. The van der Waals surface area contributed by atoms with Crippen LogP contribution in [-0.4, -0.2) is 58.5 Å². The van der Waals surface area contributed by atoms with Crippen molar-refractivity contribution in [3.8, 4) is 0 Å². The molecule has 2 aromatic rings. The highest BCUT2D eigenvalue weighted by atomic mass is 32.1. The summed E-state index contributed by atoms with van der Waals surface area (Å²) in [5, 5.41) is 6.80. The normalized spacial score (nSPS) is 16.5. The van der Waals surface area contributed by atoms with E-state index in [2.05, 4.69) is 76.3 Å². The summed E-state index contributed by atoms with van der Waals surface area (Å²) in [6.45, 7) is 10.1. The number of hydrogen-bond acceptors (Lipinski definition) is 4. The van der Waals surface area contributed by atoms with Crippen LogP contribution in [0.2, 0.25) is 0 Å². The second kappa shape index (κ2) is 10.1. The molecule has 1 aliphatic heterocycles. The Labute approximate surface area is 173 Å². The molecule has 154 valence electrons. The lowest BCUT2D eigenvalue weighted by atomic mass is 9.97. The van der Waals surface area contributed by atoms with Crippen LogP contribution in [0, 0.1) is 12.8 Å². The van der Waals surface area contributed by atoms with Crippen LogP contribution in [0.15, 0.2) is 28.7 Å². The average molecular weight is 403 g/mol. The van der Waals surface area contributed by atoms with Crippen molar-refractivity contribution in [1.29, 1.82) is 0 Å². The van der Waals surface area contributed by atoms with Crippen molar-refractivity contribution in [1.82, 2.24) is 24.7 Å². The molecule has 7 heteroatoms. The molecule has 6 nitrogen and oxygen atoms in total. The Morgan fingerprint density at radius 2 is 2.18 bits per heavy atom. The molecule has 0 spiro atoms. The maximum absolute atomic E-state index is 4.95. The van der Waals surface area contributed by atoms with Crippen molar-refractivity contribution in [2.75, 3.05) is 33.2 Å². The van der Waals surface area contributed by atoms with Gasteiger partial charge in [0.05, 0.1) is 17.2 Å². The highest BCUT2D eigenvalue weighted by Gasteiger charge is 2.20. The lowest BCUT2D eigenvalue weighted by Crippen LogP contribution is -2.39. The zero-order valence-corrected chi connectivity index (χ0v) is 18.5. The fraction of sp³-hybridized carbons (Fsp3) is 0.619. The third-order valence-electron chi connectivity index (χ3n) is 5.41. The van der Waals surface area contributed by atoms with E-state index < -0.39 is 0 Å². The van der Waals surface area contributed by atoms with Gasteiger partial charge in [0, 0.05) is 51.0 Å². The van der Waals surface area contributed by atoms with Crippen LogP contribution in [0.4, 0.5) is 0 Å². The van der Waals surface area contributed by atoms with Gasteiger partial charge in [0.25, 0.3) is 0 Å². The van der Waals surface area contributed by atoms with Crippen LogP contribution in [0.1, 0.15) is 36.2 Å². The second-order valence-corrected chi connectivity index (χ2v) is 8.80. The first-order chi connectivity index (χ1) is 13.5. The van der Waals surface area contributed by atoms with Crippen LogP contribution >= 0.6 is 11.3 Å². The summed E-state index contributed by atoms with van der Waals surface area (Å²) in [5.41, 5.74) is 2.51. The number of aliphatic imine (C=N–C) groups is 1. The van der Waals surface area contributed by atoms with Gasteiger partial charge >= 0.3 is 0 Å². The van der Waals surface area contributed by atoms with Crippen molar-refractivity contribution in [3.63, 3.8) is 0 Å². The van der Waals surface area contributed by atoms with Crippen molar-refractivity contribution in [3.05, 3.63) is 40.1 Å². The van der Waals surface area contributed by atoms with Gasteiger partial charge in [-0.15, -0.1) is 11.3 Å². The molecule has 1 N–H and O–H groups in total. The van der Waals surface area contributed by atoms with Crippen LogP contribution in [0.25, 0.3) is 0 Å². The van der Waals surface area contributed by atoms with Crippen LogP contribution in [0.3, 0.4) is 0 Å². The van der Waals surface area contributed by atoms with Gasteiger partial charge in [-0.3, -0.25) is 9.89 Å². The minimum Gasteiger partial charge on any atom is -0.357 e. The minimum atomic E-state index is 0.672. The van der Waals surface area contributed by atoms with E-state index in [0.717, 1.165) is 50.2 Å². The molecule has 1 saturated heterocycles. The molecular formula is C21H34N6S. The number of thiazole rings is 1. The summed E-state index contributed by atoms with van der Waals surface area (Å²) in [6.07, 6.45) is 4.52. The Morgan fingerprint density at radius 1 is 1.39 bits per heavy atom. The molecule has 0 aromatic carbocycles. The molecule has 0 radical (unpaired) electrons. The quantitative estimate of drug-likeness (QED) is 0.571. The van der Waals surface area contributed by atoms with Gasteiger partial charge in [0.1, 0.15) is 0 Å². The number of hydrogen-bond donors (Lipinski definition) is 1. The Bertz CT molecular complexity index is 757. The molecule has 3 heterocycles. The van der Waals surface area contributed by atoms with Crippen LogP contribution in [-0.2, 0) is 20.1 Å². The number of nitrogens with one attached hydrogen (secondary N) is 1. The number of aromatic nitrogens is 2. The molecule has 1 aliphatic rings. The first-order valence-electron chi connectivity index (χ1n) is 10.3. The summed E-state index contributed by atoms with van der Waals surface area (Å²) in [5.74, 6) is 1.68. The van der Waals surface area contributed by atoms with Crippen molar-refractivity contribution >= 4 is 17.3 Å². The number of nitrogens with zero attached hydrogens (tertiary/aromatic N) is 5. The average Bonchev–Trinajstić information content (AvgIpc) is 3.28. The third-order valence-corrected chi connectivity index (χ3v) is 6.23. The predicted molar refractivity (Wildman–Crippen MR) is 118 cm³/mol. The van der Waals surface area contributed by atoms with Gasteiger partial charge in [-0.1, -0.05) is 0 Å². The first-order valence-corrected chi connectivity index (χ1v) is 11.2. The largest absolute Gasteiger partial charge is 0.357 e. The second-order valence-electron chi connectivity index (χ2n) is 7.74. The van der Waals surface area contributed by atoms with Crippen LogP contribution in [0.5, 0.6) is 0 Å². The van der Waals surface area contributed by atoms with E-state index in [0.29, 0.717) is 5.92 Å². The van der Waals surface area contributed by atoms with E-state index in [1.54, 1.807) is 11.3 Å². The molecule has 0 saturated carbocycles. The maximum Gasteiger partial charge on any atom is 0.194 e. The molecule has 0 amide bonds. The molecule has 1 fully saturated rings. The lowest BCUT2D eigenvalue weighted by Gasteiger charge is -2.31. The fourth-order valence-electron chi connectivity index (χ4n) is 3.70. The van der Waals surface area contributed by atoms with E-state index in [1.807, 2.05) is 0 Å². The lowest BCUT2D eigenvalue weighted by molar-refractivity contribution is 0.179. The van der Waals surface area contributed by atoms with Gasteiger partial charge in [-0.2, -0.15) is 0 Å². The van der Waals surface area contributed by atoms with Crippen molar-refractivity contribution < 1.29 is 0 Å². The van der Waals surface area contributed by atoms with Crippen LogP contribution < -0.4 is 5.32 Å². The zero-order valence-electron chi connectivity index (χ0n) is 17.7. The Balaban J connectivity index is 1.48. The molecule has 3 rings (SSSR count). The molecule has 2 aromatic heterocycles. The Kier molecular flexibility index (Phi) is 7.50. The van der Waals surface area contributed by atoms with Gasteiger partial charge in [0.2, 0.25) is 0 Å². The summed E-state index contributed by atoms with van der Waals surface area (Å²) in [4.78, 5) is 14.3. The summed E-state index contributed by atoms with van der Waals surface area (Å²) in [7, 11) is 4.21. The Hall–Kier alpha value is -1.86. The van der Waals surface area contributed by atoms with E-state index in [1.165, 1.54) is 24.2 Å². The monoisotopic (exact) mass is 402 g/mol. The number of likely N-dealkylation sites (tertiary alicyclic amines) is 1. The van der Waals surface area contributed by atoms with Gasteiger partial charge < -0.3 is 14.8 Å². The van der Waals surface area contributed by atoms with E-state index in [-0.39, 0.29) is 0 Å². The summed E-state index contributed by atoms with van der Waals surface area (Å²) in [6, 6.07) is 4.26. The van der Waals surface area contributed by atoms with Gasteiger partial charge in [-0.05, 0) is 57.8 Å². The van der Waals surface area contributed by atoms with Gasteiger partial charge in [0.15, 0.2) is 5.96 Å². The zero-order chi connectivity index (χ0) is 19.9. The highest BCUT2D eigenvalue weighted by molar-refractivity contribution is 7.09. The number of piperidine rings is 1.